The fourth-order valence-electron chi connectivity index (χ4n) is 0. The highest BCUT2D eigenvalue weighted by atomic mass is 24.7. The Morgan fingerprint density at radius 1 is 1.33 bits per heavy atom. The zero-order valence-electron chi connectivity index (χ0n) is 4.04. The molecule has 0 amide bonds. The Bertz CT molecular complexity index is 10.8. The van der Waals surface area contributed by atoms with Gasteiger partial charge >= 0.3 is 21.5 Å². The Morgan fingerprint density at radius 2 is 1.33 bits per heavy atom. The fourth-order valence-corrected chi connectivity index (χ4v) is 0. The fraction of sp³-hybridized carbons (Fsp3) is 0.667. The van der Waals surface area contributed by atoms with Crippen LogP contribution < -0.4 is 0 Å². The molecule has 0 atom stereocenters. The van der Waals surface area contributed by atoms with Crippen molar-refractivity contribution in [2.24, 2.45) is 0 Å². The second-order valence-corrected chi connectivity index (χ2v) is 0.880. The Balaban J connectivity index is 0. The van der Waals surface area contributed by atoms with Crippen molar-refractivity contribution in [3.05, 3.63) is 6.42 Å². The molecule has 0 rings (SSSR count). The summed E-state index contributed by atoms with van der Waals surface area (Å²) in [4.78, 5) is 0. The lowest BCUT2D eigenvalue weighted by Crippen LogP contribution is -1.45. The molecule has 0 N–H and O–H groups in total. The minimum Gasteiger partial charge on any atom is -0.440 e. The minimum atomic E-state index is -2.58. The van der Waals surface area contributed by atoms with Gasteiger partial charge in [-0.1, -0.05) is 13.8 Å². The molecule has 0 bridgehead atoms. The monoisotopic (exact) mass is 105 g/mol. The quantitative estimate of drug-likeness (QED) is 0.411. The van der Waals surface area contributed by atoms with E-state index < -0.39 is 21.5 Å². The third kappa shape index (κ3) is 155. The molecule has 0 aromatic carbocycles. The van der Waals surface area contributed by atoms with E-state index in [0.29, 0.717) is 0 Å². The second kappa shape index (κ2) is 17.5. The largest absolute Gasteiger partial charge is 0.879 e. The van der Waals surface area contributed by atoms with Gasteiger partial charge in [0.1, 0.15) is 0 Å². The van der Waals surface area contributed by atoms with Gasteiger partial charge in [0.05, 0.1) is 0 Å². The van der Waals surface area contributed by atoms with Gasteiger partial charge in [-0.2, -0.15) is 0 Å². The molecule has 0 spiro atoms. The molecule has 0 nitrogen and oxygen atoms in total. The maximum Gasteiger partial charge on any atom is 0.879 e. The normalized spacial score (nSPS) is 4.67. The molecule has 0 saturated heterocycles. The van der Waals surface area contributed by atoms with Crippen LogP contribution in [-0.2, 0) is 0 Å². The van der Waals surface area contributed by atoms with Gasteiger partial charge in [-0.3, -0.25) is 0 Å². The first-order valence-electron chi connectivity index (χ1n) is 1.69. The van der Waals surface area contributed by atoms with Crippen molar-refractivity contribution in [3.8, 4) is 0 Å². The summed E-state index contributed by atoms with van der Waals surface area (Å²) in [6.07, 6.45) is 2.00. The molecule has 3 heteroatoms. The topological polar surface area (TPSA) is 0 Å². The van der Waals surface area contributed by atoms with Crippen molar-refractivity contribution in [2.75, 3.05) is 0 Å². The van der Waals surface area contributed by atoms with E-state index in [2.05, 4.69) is 0 Å². The van der Waals surface area contributed by atoms with Crippen LogP contribution in [0.15, 0.2) is 0 Å². The third-order valence-corrected chi connectivity index (χ3v) is 0. The Morgan fingerprint density at radius 3 is 1.33 bits per heavy atom. The molecule has 0 aliphatic carbocycles. The van der Waals surface area contributed by atoms with Crippen molar-refractivity contribution < 1.29 is 5.91 Å². The average molecular weight is 105 g/mol. The first-order valence-corrected chi connectivity index (χ1v) is 2.76. The summed E-state index contributed by atoms with van der Waals surface area (Å²) in [6.45, 7) is 4.00. The molecule has 6 heavy (non-hydrogen) atoms. The first kappa shape index (κ1) is 9.80. The molecule has 0 aliphatic heterocycles. The summed E-state index contributed by atoms with van der Waals surface area (Å²) in [5, 5.41) is 0. The third-order valence-electron chi connectivity index (χ3n) is 0. The molecule has 0 unspecified atom stereocenters. The lowest BCUT2D eigenvalue weighted by molar-refractivity contribution is 0.712. The molecule has 0 fully saturated rings. The number of rotatable bonds is 0. The predicted molar refractivity (Wildman–Crippen MR) is 23.6 cm³/mol. The summed E-state index contributed by atoms with van der Waals surface area (Å²) in [6, 6.07) is 0. The molecular formula is C3H7F2Mg. The van der Waals surface area contributed by atoms with Gasteiger partial charge in [0.25, 0.3) is 0 Å². The molecule has 0 saturated carbocycles. The molecule has 0 aliphatic rings. The van der Waals surface area contributed by atoms with Gasteiger partial charge < -0.3 is 5.91 Å². The van der Waals surface area contributed by atoms with E-state index in [-0.39, 0.29) is 0 Å². The summed E-state index contributed by atoms with van der Waals surface area (Å²) in [5.41, 5.74) is 0. The summed E-state index contributed by atoms with van der Waals surface area (Å²) >= 11 is -2.58. The molecule has 35 valence electrons. The van der Waals surface area contributed by atoms with Crippen LogP contribution in [-0.4, -0.2) is 21.5 Å². The number of hydrogen-bond acceptors (Lipinski definition) is 0. The highest BCUT2D eigenvalue weighted by molar-refractivity contribution is 6.15. The van der Waals surface area contributed by atoms with Crippen LogP contribution in [0.3, 0.4) is 0 Å². The molecule has 0 heterocycles. The summed E-state index contributed by atoms with van der Waals surface area (Å²) < 4.78 is 19.5. The van der Waals surface area contributed by atoms with Crippen molar-refractivity contribution in [3.63, 3.8) is 0 Å². The van der Waals surface area contributed by atoms with E-state index in [1.807, 2.05) is 20.3 Å². The van der Waals surface area contributed by atoms with E-state index in [0.717, 1.165) is 0 Å². The van der Waals surface area contributed by atoms with Gasteiger partial charge in [0.15, 0.2) is 0 Å². The SMILES string of the molecule is C[CH]C.[F][Mg][F]. The van der Waals surface area contributed by atoms with E-state index >= 15 is 0 Å². The van der Waals surface area contributed by atoms with Crippen LogP contribution in [0, 0.1) is 6.42 Å². The van der Waals surface area contributed by atoms with Gasteiger partial charge in [-0.05, 0) is 6.42 Å². The van der Waals surface area contributed by atoms with Crippen LogP contribution in [0.2, 0.25) is 0 Å². The smallest absolute Gasteiger partial charge is 0.440 e. The van der Waals surface area contributed by atoms with Gasteiger partial charge in [0, 0.05) is 0 Å². The highest BCUT2D eigenvalue weighted by Gasteiger charge is 1.78. The van der Waals surface area contributed by atoms with Crippen molar-refractivity contribution in [2.45, 2.75) is 13.8 Å². The van der Waals surface area contributed by atoms with Crippen LogP contribution in [0.5, 0.6) is 0 Å². The lowest BCUT2D eigenvalue weighted by Gasteiger charge is -1.47. The molecule has 1 radical (unpaired) electrons. The van der Waals surface area contributed by atoms with Crippen LogP contribution in [0.4, 0.5) is 5.91 Å². The van der Waals surface area contributed by atoms with Crippen LogP contribution in [0.1, 0.15) is 13.8 Å². The van der Waals surface area contributed by atoms with E-state index in [1.54, 1.807) is 0 Å². The Kier molecular flexibility index (Phi) is 28.5. The predicted octanol–water partition coefficient (Wildman–Crippen LogP) is 1.69. The van der Waals surface area contributed by atoms with Gasteiger partial charge in [-0.25, -0.2) is 0 Å². The standard InChI is InChI=1S/C3H7.2FH.Mg/c1-3-2;;;/h3H,1-2H3;2*1H;/q;;;+2/p-2. The molecular weight excluding hydrogens is 98.3 g/mol. The maximum atomic E-state index is 9.76. The number of halogens is 2. The van der Waals surface area contributed by atoms with Crippen molar-refractivity contribution in [1.29, 1.82) is 0 Å². The van der Waals surface area contributed by atoms with Gasteiger partial charge in [0.2, 0.25) is 0 Å². The second-order valence-electron chi connectivity index (χ2n) is 0.678. The highest BCUT2D eigenvalue weighted by Crippen LogP contribution is 1.53. The average Bonchev–Trinajstić information content (AvgIpc) is 1.39. The lowest BCUT2D eigenvalue weighted by atomic mass is 10.6. The molecule has 0 aromatic rings. The zero-order chi connectivity index (χ0) is 5.41. The minimum absolute atomic E-state index is 2.00. The van der Waals surface area contributed by atoms with Crippen LogP contribution >= 0.6 is 0 Å². The van der Waals surface area contributed by atoms with E-state index in [4.69, 9.17) is 0 Å². The zero-order valence-corrected chi connectivity index (χ0v) is 5.45. The van der Waals surface area contributed by atoms with E-state index in [1.165, 1.54) is 0 Å². The Hall–Kier alpha value is 0.626. The van der Waals surface area contributed by atoms with Crippen molar-refractivity contribution >= 4 is 21.5 Å². The van der Waals surface area contributed by atoms with Crippen molar-refractivity contribution in [1.82, 2.24) is 0 Å². The van der Waals surface area contributed by atoms with Gasteiger partial charge in [-0.15, -0.1) is 0 Å². The summed E-state index contributed by atoms with van der Waals surface area (Å²) in [7, 11) is 0. The summed E-state index contributed by atoms with van der Waals surface area (Å²) in [5.74, 6) is 0. The van der Waals surface area contributed by atoms with Crippen LogP contribution in [0.25, 0.3) is 0 Å². The van der Waals surface area contributed by atoms with E-state index in [9.17, 15) is 5.91 Å². The number of hydrogen-bond donors (Lipinski definition) is 0. The first-order chi connectivity index (χ1) is 2.83. The molecule has 0 aromatic heterocycles. The maximum absolute atomic E-state index is 9.76. The Labute approximate surface area is 48.1 Å².